The van der Waals surface area contributed by atoms with Crippen molar-refractivity contribution >= 4 is 5.78 Å². The average molecular weight is 274 g/mol. The first-order valence-corrected chi connectivity index (χ1v) is 7.54. The predicted octanol–water partition coefficient (Wildman–Crippen LogP) is 2.40. The summed E-state index contributed by atoms with van der Waals surface area (Å²) < 4.78 is 0. The molecular weight excluding hydrogens is 248 g/mol. The molecule has 20 heavy (non-hydrogen) atoms. The van der Waals surface area contributed by atoms with Crippen LogP contribution < -0.4 is 5.32 Å². The third kappa shape index (κ3) is 3.28. The van der Waals surface area contributed by atoms with Crippen LogP contribution >= 0.6 is 0 Å². The zero-order valence-electron chi connectivity index (χ0n) is 13.2. The summed E-state index contributed by atoms with van der Waals surface area (Å²) >= 11 is 0. The van der Waals surface area contributed by atoms with Gasteiger partial charge >= 0.3 is 0 Å². The van der Waals surface area contributed by atoms with Crippen LogP contribution in [0.3, 0.4) is 0 Å². The maximum atomic E-state index is 12.6. The first kappa shape index (κ1) is 15.2. The van der Waals surface area contributed by atoms with E-state index < -0.39 is 0 Å². The van der Waals surface area contributed by atoms with Crippen molar-refractivity contribution in [2.45, 2.75) is 34.1 Å². The Balaban J connectivity index is 2.09. The molecule has 0 saturated carbocycles. The summed E-state index contributed by atoms with van der Waals surface area (Å²) in [7, 11) is 0. The molecule has 110 valence electrons. The molecule has 0 bridgehead atoms. The highest BCUT2D eigenvalue weighted by atomic mass is 16.1. The highest BCUT2D eigenvalue weighted by Gasteiger charge is 2.17. The molecule has 0 atom stereocenters. The second kappa shape index (κ2) is 6.51. The molecule has 3 nitrogen and oxygen atoms in total. The molecular formula is C17H26N2O. The number of hydrogen-bond donors (Lipinski definition) is 1. The Morgan fingerprint density at radius 1 is 1.10 bits per heavy atom. The molecule has 1 aromatic carbocycles. The van der Waals surface area contributed by atoms with Gasteiger partial charge in [-0.2, -0.15) is 0 Å². The van der Waals surface area contributed by atoms with Crippen LogP contribution in [0.5, 0.6) is 0 Å². The smallest absolute Gasteiger partial charge is 0.164 e. The molecule has 3 heteroatoms. The van der Waals surface area contributed by atoms with Gasteiger partial charge in [0.25, 0.3) is 0 Å². The molecule has 1 aromatic rings. The number of nitrogens with one attached hydrogen (secondary N) is 1. The van der Waals surface area contributed by atoms with Gasteiger partial charge in [-0.25, -0.2) is 0 Å². The lowest BCUT2D eigenvalue weighted by atomic mass is 9.90. The van der Waals surface area contributed by atoms with Gasteiger partial charge in [-0.15, -0.1) is 0 Å². The van der Waals surface area contributed by atoms with E-state index in [0.717, 1.165) is 49.4 Å². The lowest BCUT2D eigenvalue weighted by Crippen LogP contribution is -2.44. The van der Waals surface area contributed by atoms with Crippen molar-refractivity contribution in [2.75, 3.05) is 32.7 Å². The molecule has 2 rings (SSSR count). The minimum Gasteiger partial charge on any atom is -0.314 e. The van der Waals surface area contributed by atoms with Crippen LogP contribution in [0.4, 0.5) is 0 Å². The number of ketones is 1. The van der Waals surface area contributed by atoms with E-state index in [-0.39, 0.29) is 0 Å². The van der Waals surface area contributed by atoms with Crippen LogP contribution in [-0.2, 0) is 0 Å². The lowest BCUT2D eigenvalue weighted by molar-refractivity contribution is 0.0959. The topological polar surface area (TPSA) is 32.3 Å². The maximum Gasteiger partial charge on any atom is 0.164 e. The number of benzene rings is 1. The summed E-state index contributed by atoms with van der Waals surface area (Å²) in [6.45, 7) is 13.4. The second-order valence-electron chi connectivity index (χ2n) is 5.90. The number of piperazine rings is 1. The largest absolute Gasteiger partial charge is 0.314 e. The summed E-state index contributed by atoms with van der Waals surface area (Å²) in [4.78, 5) is 15.0. The molecule has 1 aliphatic heterocycles. The first-order chi connectivity index (χ1) is 9.50. The number of nitrogens with zero attached hydrogens (tertiary/aromatic N) is 1. The van der Waals surface area contributed by atoms with Gasteiger partial charge in [0.05, 0.1) is 0 Å². The number of rotatable bonds is 4. The molecule has 0 aliphatic carbocycles. The quantitative estimate of drug-likeness (QED) is 0.856. The van der Waals surface area contributed by atoms with Crippen molar-refractivity contribution < 1.29 is 4.79 Å². The average Bonchev–Trinajstić information content (AvgIpc) is 2.44. The van der Waals surface area contributed by atoms with Gasteiger partial charge in [0, 0.05) is 44.7 Å². The Hall–Kier alpha value is -1.19. The summed E-state index contributed by atoms with van der Waals surface area (Å²) in [6.07, 6.45) is 0.630. The van der Waals surface area contributed by atoms with Crippen molar-refractivity contribution in [1.82, 2.24) is 10.2 Å². The molecule has 0 radical (unpaired) electrons. The molecule has 0 unspecified atom stereocenters. The van der Waals surface area contributed by atoms with Crippen LogP contribution in [0.2, 0.25) is 0 Å². The van der Waals surface area contributed by atoms with Crippen LogP contribution in [0, 0.1) is 27.7 Å². The number of hydrogen-bond acceptors (Lipinski definition) is 3. The zero-order chi connectivity index (χ0) is 14.7. The van der Waals surface area contributed by atoms with Crippen LogP contribution in [0.1, 0.15) is 39.0 Å². The lowest BCUT2D eigenvalue weighted by Gasteiger charge is -2.27. The van der Waals surface area contributed by atoms with Gasteiger partial charge in [0.2, 0.25) is 0 Å². The van der Waals surface area contributed by atoms with Gasteiger partial charge in [-0.05, 0) is 49.9 Å². The Labute approximate surface area is 122 Å². The Kier molecular flexibility index (Phi) is 4.95. The minimum absolute atomic E-state index is 0.297. The Morgan fingerprint density at radius 2 is 1.65 bits per heavy atom. The normalized spacial score (nSPS) is 16.4. The van der Waals surface area contributed by atoms with Gasteiger partial charge in [0.1, 0.15) is 0 Å². The third-order valence-corrected chi connectivity index (χ3v) is 4.51. The van der Waals surface area contributed by atoms with Gasteiger partial charge in [-0.3, -0.25) is 4.79 Å². The fraction of sp³-hybridized carbons (Fsp3) is 0.588. The second-order valence-corrected chi connectivity index (χ2v) is 5.90. The van der Waals surface area contributed by atoms with Gasteiger partial charge in [0.15, 0.2) is 5.78 Å². The number of Topliss-reactive ketones (excluding diaryl/α,β-unsaturated/α-hetero) is 1. The summed E-state index contributed by atoms with van der Waals surface area (Å²) in [5.74, 6) is 0.297. The van der Waals surface area contributed by atoms with Crippen LogP contribution in [0.25, 0.3) is 0 Å². The molecule has 0 spiro atoms. The van der Waals surface area contributed by atoms with E-state index >= 15 is 0 Å². The standard InChI is InChI=1S/C17H26N2O/c1-12-11-13(2)15(4)17(14(12)3)16(20)5-8-19-9-6-18-7-10-19/h11,18H,5-10H2,1-4H3. The summed E-state index contributed by atoms with van der Waals surface area (Å²) in [5.41, 5.74) is 5.70. The van der Waals surface area contributed by atoms with Crippen LogP contribution in [0.15, 0.2) is 6.07 Å². The summed E-state index contributed by atoms with van der Waals surface area (Å²) in [6, 6.07) is 2.18. The number of aryl methyl sites for hydroxylation is 2. The van der Waals surface area contributed by atoms with E-state index in [9.17, 15) is 4.79 Å². The van der Waals surface area contributed by atoms with Crippen molar-refractivity contribution in [3.05, 3.63) is 33.9 Å². The Morgan fingerprint density at radius 3 is 2.20 bits per heavy atom. The van der Waals surface area contributed by atoms with Crippen molar-refractivity contribution in [1.29, 1.82) is 0 Å². The molecule has 0 aromatic heterocycles. The van der Waals surface area contributed by atoms with Crippen LogP contribution in [-0.4, -0.2) is 43.4 Å². The van der Waals surface area contributed by atoms with Crippen molar-refractivity contribution in [3.63, 3.8) is 0 Å². The van der Waals surface area contributed by atoms with Crippen molar-refractivity contribution in [2.24, 2.45) is 0 Å². The fourth-order valence-electron chi connectivity index (χ4n) is 2.95. The number of carbonyl (C=O) groups excluding carboxylic acids is 1. The van der Waals surface area contributed by atoms with E-state index in [0.29, 0.717) is 12.2 Å². The Bertz CT molecular complexity index is 476. The van der Waals surface area contributed by atoms with E-state index in [1.165, 1.54) is 11.1 Å². The van der Waals surface area contributed by atoms with Gasteiger partial charge < -0.3 is 10.2 Å². The van der Waals surface area contributed by atoms with E-state index in [2.05, 4.69) is 44.0 Å². The monoisotopic (exact) mass is 274 g/mol. The van der Waals surface area contributed by atoms with Gasteiger partial charge in [-0.1, -0.05) is 6.07 Å². The van der Waals surface area contributed by atoms with E-state index in [1.54, 1.807) is 0 Å². The first-order valence-electron chi connectivity index (χ1n) is 7.54. The number of carbonyl (C=O) groups is 1. The molecule has 1 N–H and O–H groups in total. The van der Waals surface area contributed by atoms with E-state index in [1.807, 2.05) is 0 Å². The molecule has 1 fully saturated rings. The molecule has 1 aliphatic rings. The fourth-order valence-corrected chi connectivity index (χ4v) is 2.95. The highest BCUT2D eigenvalue weighted by molar-refractivity contribution is 5.99. The molecule has 0 amide bonds. The maximum absolute atomic E-state index is 12.6. The third-order valence-electron chi connectivity index (χ3n) is 4.51. The van der Waals surface area contributed by atoms with E-state index in [4.69, 9.17) is 0 Å². The molecule has 1 heterocycles. The highest BCUT2D eigenvalue weighted by Crippen LogP contribution is 2.23. The zero-order valence-corrected chi connectivity index (χ0v) is 13.2. The molecule has 1 saturated heterocycles. The van der Waals surface area contributed by atoms with Crippen molar-refractivity contribution in [3.8, 4) is 0 Å². The predicted molar refractivity (Wildman–Crippen MR) is 83.6 cm³/mol. The SMILES string of the molecule is Cc1cc(C)c(C)c(C(=O)CCN2CCNCC2)c1C. The summed E-state index contributed by atoms with van der Waals surface area (Å²) in [5, 5.41) is 3.34. The minimum atomic E-state index is 0.297.